The van der Waals surface area contributed by atoms with E-state index in [0.29, 0.717) is 0 Å². The first kappa shape index (κ1) is 11.7. The van der Waals surface area contributed by atoms with E-state index in [1.807, 2.05) is 18.2 Å². The largest absolute Gasteiger partial charge is 0.452 e. The highest BCUT2D eigenvalue weighted by Gasteiger charge is 2.25. The number of rotatable bonds is 2. The molecule has 3 N–H and O–H groups in total. The zero-order chi connectivity index (χ0) is 13.2. The summed E-state index contributed by atoms with van der Waals surface area (Å²) in [5.41, 5.74) is 7.68. The summed E-state index contributed by atoms with van der Waals surface area (Å²) < 4.78 is 5.49. The van der Waals surface area contributed by atoms with Crippen molar-refractivity contribution < 1.29 is 9.53 Å². The molecule has 1 aromatic heterocycles. The molecular formula is C13H14N4O2. The molecule has 1 aliphatic carbocycles. The van der Waals surface area contributed by atoms with Gasteiger partial charge in [-0.25, -0.2) is 4.79 Å². The van der Waals surface area contributed by atoms with Gasteiger partial charge in [-0.05, 0) is 30.4 Å². The van der Waals surface area contributed by atoms with Gasteiger partial charge in [0.15, 0.2) is 0 Å². The van der Waals surface area contributed by atoms with Crippen molar-refractivity contribution in [3.05, 3.63) is 41.2 Å². The van der Waals surface area contributed by atoms with Crippen LogP contribution < -0.4 is 5.73 Å². The van der Waals surface area contributed by atoms with Crippen LogP contribution in [0.5, 0.6) is 0 Å². The standard InChI is InChI=1S/C13H14N4O2/c14-13-15-11(16-17-13)12(18)19-10-7-3-5-8-4-1-2-6-9(8)10/h1-2,4,6,10H,3,5,7H2,(H3,14,15,16,17). The predicted octanol–water partition coefficient (Wildman–Crippen LogP) is 1.62. The number of aromatic nitrogens is 3. The minimum absolute atomic E-state index is 0.0380. The molecule has 1 aromatic carbocycles. The van der Waals surface area contributed by atoms with Gasteiger partial charge in [0.2, 0.25) is 11.8 Å². The molecule has 0 saturated heterocycles. The van der Waals surface area contributed by atoms with Gasteiger partial charge in [0, 0.05) is 0 Å². The Morgan fingerprint density at radius 3 is 3.05 bits per heavy atom. The Morgan fingerprint density at radius 1 is 1.42 bits per heavy atom. The summed E-state index contributed by atoms with van der Waals surface area (Å²) in [5.74, 6) is -0.442. The zero-order valence-corrected chi connectivity index (χ0v) is 10.3. The van der Waals surface area contributed by atoms with Crippen molar-refractivity contribution in [2.75, 3.05) is 5.73 Å². The minimum atomic E-state index is -0.522. The van der Waals surface area contributed by atoms with E-state index in [1.165, 1.54) is 5.56 Å². The number of benzene rings is 1. The number of nitrogens with two attached hydrogens (primary N) is 1. The van der Waals surface area contributed by atoms with Crippen LogP contribution in [0, 0.1) is 0 Å². The van der Waals surface area contributed by atoms with Crippen molar-refractivity contribution >= 4 is 11.9 Å². The van der Waals surface area contributed by atoms with Gasteiger partial charge in [0.1, 0.15) is 6.10 Å². The van der Waals surface area contributed by atoms with Gasteiger partial charge in [-0.2, -0.15) is 4.98 Å². The zero-order valence-electron chi connectivity index (χ0n) is 10.3. The molecule has 1 heterocycles. The fraction of sp³-hybridized carbons (Fsp3) is 0.308. The average Bonchev–Trinajstić information content (AvgIpc) is 2.86. The summed E-state index contributed by atoms with van der Waals surface area (Å²) in [4.78, 5) is 15.7. The monoisotopic (exact) mass is 258 g/mol. The van der Waals surface area contributed by atoms with Gasteiger partial charge < -0.3 is 10.5 Å². The van der Waals surface area contributed by atoms with Crippen molar-refractivity contribution in [1.29, 1.82) is 0 Å². The van der Waals surface area contributed by atoms with Gasteiger partial charge in [0.05, 0.1) is 0 Å². The highest BCUT2D eigenvalue weighted by Crippen LogP contribution is 2.32. The third kappa shape index (κ3) is 2.29. The maximum absolute atomic E-state index is 11.9. The molecule has 1 aliphatic rings. The Hall–Kier alpha value is -2.37. The molecule has 0 saturated carbocycles. The van der Waals surface area contributed by atoms with Crippen LogP contribution in [0.1, 0.15) is 40.7 Å². The molecule has 3 rings (SSSR count). The number of aryl methyl sites for hydroxylation is 1. The molecule has 6 nitrogen and oxygen atoms in total. The molecule has 2 aromatic rings. The first-order chi connectivity index (χ1) is 9.24. The Labute approximate surface area is 110 Å². The van der Waals surface area contributed by atoms with Crippen molar-refractivity contribution in [3.8, 4) is 0 Å². The first-order valence-electron chi connectivity index (χ1n) is 6.20. The number of ether oxygens (including phenoxy) is 1. The molecule has 6 heteroatoms. The number of nitrogens with one attached hydrogen (secondary N) is 1. The molecule has 0 amide bonds. The number of nitrogens with zero attached hydrogens (tertiary/aromatic N) is 2. The Kier molecular flexibility index (Phi) is 2.91. The fourth-order valence-electron chi connectivity index (χ4n) is 2.38. The lowest BCUT2D eigenvalue weighted by Gasteiger charge is -2.24. The summed E-state index contributed by atoms with van der Waals surface area (Å²) in [5, 5.41) is 6.07. The van der Waals surface area contributed by atoms with Crippen LogP contribution in [0.15, 0.2) is 24.3 Å². The lowest BCUT2D eigenvalue weighted by molar-refractivity contribution is 0.0242. The normalized spacial score (nSPS) is 17.8. The van der Waals surface area contributed by atoms with E-state index in [1.54, 1.807) is 0 Å². The van der Waals surface area contributed by atoms with Crippen LogP contribution in [-0.4, -0.2) is 21.2 Å². The van der Waals surface area contributed by atoms with Crippen LogP contribution in [0.2, 0.25) is 0 Å². The molecular weight excluding hydrogens is 244 g/mol. The van der Waals surface area contributed by atoms with Crippen molar-refractivity contribution in [2.24, 2.45) is 0 Å². The van der Waals surface area contributed by atoms with Gasteiger partial charge in [-0.15, -0.1) is 5.10 Å². The topological polar surface area (TPSA) is 93.9 Å². The van der Waals surface area contributed by atoms with Crippen molar-refractivity contribution in [3.63, 3.8) is 0 Å². The smallest absolute Gasteiger partial charge is 0.376 e. The molecule has 0 radical (unpaired) electrons. The van der Waals surface area contributed by atoms with E-state index < -0.39 is 5.97 Å². The molecule has 1 unspecified atom stereocenters. The number of carbonyl (C=O) groups is 1. The number of hydrogen-bond donors (Lipinski definition) is 2. The third-order valence-electron chi connectivity index (χ3n) is 3.26. The number of aromatic amines is 1. The summed E-state index contributed by atoms with van der Waals surface area (Å²) in [7, 11) is 0. The number of fused-ring (bicyclic) bond motifs is 1. The Balaban J connectivity index is 1.79. The third-order valence-corrected chi connectivity index (χ3v) is 3.26. The number of anilines is 1. The van der Waals surface area contributed by atoms with Crippen LogP contribution in [0.4, 0.5) is 5.95 Å². The van der Waals surface area contributed by atoms with Crippen molar-refractivity contribution in [1.82, 2.24) is 15.2 Å². The van der Waals surface area contributed by atoms with E-state index in [4.69, 9.17) is 10.5 Å². The lowest BCUT2D eigenvalue weighted by Crippen LogP contribution is -2.17. The van der Waals surface area contributed by atoms with E-state index >= 15 is 0 Å². The molecule has 19 heavy (non-hydrogen) atoms. The van der Waals surface area contributed by atoms with E-state index in [2.05, 4.69) is 21.2 Å². The highest BCUT2D eigenvalue weighted by molar-refractivity contribution is 5.85. The van der Waals surface area contributed by atoms with Gasteiger partial charge >= 0.3 is 5.97 Å². The average molecular weight is 258 g/mol. The summed E-state index contributed by atoms with van der Waals surface area (Å²) in [6, 6.07) is 8.03. The molecule has 0 bridgehead atoms. The maximum Gasteiger partial charge on any atom is 0.376 e. The van der Waals surface area contributed by atoms with E-state index in [0.717, 1.165) is 24.8 Å². The maximum atomic E-state index is 11.9. The Bertz CT molecular complexity index is 608. The number of nitrogen functional groups attached to an aromatic ring is 1. The number of carbonyl (C=O) groups excluding carboxylic acids is 1. The second-order valence-corrected chi connectivity index (χ2v) is 4.53. The molecule has 0 aliphatic heterocycles. The van der Waals surface area contributed by atoms with Gasteiger partial charge in [-0.1, -0.05) is 24.3 Å². The quantitative estimate of drug-likeness (QED) is 0.798. The molecule has 0 spiro atoms. The van der Waals surface area contributed by atoms with Crippen LogP contribution >= 0.6 is 0 Å². The Morgan fingerprint density at radius 2 is 2.26 bits per heavy atom. The number of esters is 1. The second kappa shape index (κ2) is 4.72. The van der Waals surface area contributed by atoms with Gasteiger partial charge in [-0.3, -0.25) is 5.10 Å². The summed E-state index contributed by atoms with van der Waals surface area (Å²) >= 11 is 0. The first-order valence-corrected chi connectivity index (χ1v) is 6.20. The SMILES string of the molecule is Nc1n[nH]c(C(=O)OC2CCCc3ccccc32)n1. The highest BCUT2D eigenvalue weighted by atomic mass is 16.5. The fourth-order valence-corrected chi connectivity index (χ4v) is 2.38. The predicted molar refractivity (Wildman–Crippen MR) is 68.3 cm³/mol. The molecule has 1 atom stereocenters. The molecule has 0 fully saturated rings. The van der Waals surface area contributed by atoms with Gasteiger partial charge in [0.25, 0.3) is 0 Å². The minimum Gasteiger partial charge on any atom is -0.452 e. The van der Waals surface area contributed by atoms with Crippen molar-refractivity contribution in [2.45, 2.75) is 25.4 Å². The second-order valence-electron chi connectivity index (χ2n) is 4.53. The van der Waals surface area contributed by atoms with Crippen LogP contribution in [0.25, 0.3) is 0 Å². The van der Waals surface area contributed by atoms with E-state index in [-0.39, 0.29) is 17.9 Å². The summed E-state index contributed by atoms with van der Waals surface area (Å²) in [6.07, 6.45) is 2.64. The number of hydrogen-bond acceptors (Lipinski definition) is 5. The lowest BCUT2D eigenvalue weighted by atomic mass is 9.89. The van der Waals surface area contributed by atoms with E-state index in [9.17, 15) is 4.79 Å². The summed E-state index contributed by atoms with van der Waals surface area (Å²) in [6.45, 7) is 0. The van der Waals surface area contributed by atoms with Crippen LogP contribution in [0.3, 0.4) is 0 Å². The number of H-pyrrole nitrogens is 1. The van der Waals surface area contributed by atoms with Crippen LogP contribution in [-0.2, 0) is 11.2 Å². The molecule has 98 valence electrons.